The average molecular weight is 412 g/mol. The number of para-hydroxylation sites is 1. The summed E-state index contributed by atoms with van der Waals surface area (Å²) in [5, 5.41) is 15.2. The zero-order valence-electron chi connectivity index (χ0n) is 15.9. The van der Waals surface area contributed by atoms with Gasteiger partial charge in [-0.15, -0.1) is 4.68 Å². The van der Waals surface area contributed by atoms with Crippen LogP contribution in [0.4, 0.5) is 5.69 Å². The van der Waals surface area contributed by atoms with Crippen molar-refractivity contribution in [1.82, 2.24) is 9.66 Å². The molecule has 0 amide bonds. The highest BCUT2D eigenvalue weighted by Gasteiger charge is 2.18. The van der Waals surface area contributed by atoms with E-state index in [1.54, 1.807) is 18.2 Å². The van der Waals surface area contributed by atoms with Crippen LogP contribution in [0.15, 0.2) is 57.2 Å². The van der Waals surface area contributed by atoms with Crippen LogP contribution in [0.5, 0.6) is 5.75 Å². The largest absolute Gasteiger partial charge is 0.478 e. The van der Waals surface area contributed by atoms with Crippen molar-refractivity contribution >= 4 is 28.8 Å². The molecule has 0 bridgehead atoms. The Morgan fingerprint density at radius 2 is 2.00 bits per heavy atom. The minimum absolute atomic E-state index is 0.0764. The van der Waals surface area contributed by atoms with Crippen LogP contribution in [0.1, 0.15) is 12.5 Å². The number of hydrogen-bond acceptors (Lipinski definition) is 8. The predicted molar refractivity (Wildman–Crippen MR) is 107 cm³/mol. The molecule has 0 radical (unpaired) electrons. The Labute approximate surface area is 168 Å². The number of esters is 1. The molecule has 0 aliphatic heterocycles. The zero-order valence-corrected chi connectivity index (χ0v) is 15.9. The van der Waals surface area contributed by atoms with Crippen molar-refractivity contribution in [3.63, 3.8) is 0 Å². The standard InChI is InChI=1S/C19H16N4O7/c1-11(18(25)29-2)30-16-8-7-13(23(27)28)9-12(16)10-20-22-17(24)14-5-3-4-6-15(14)21-19(22)26/h3-11H,1-2H3,(H,21,26)/t11-/m0/s1. The molecular formula is C19H16N4O7. The highest BCUT2D eigenvalue weighted by molar-refractivity contribution is 5.85. The van der Waals surface area contributed by atoms with Crippen LogP contribution in [0, 0.1) is 10.1 Å². The molecule has 0 spiro atoms. The minimum atomic E-state index is -1.00. The summed E-state index contributed by atoms with van der Waals surface area (Å²) >= 11 is 0. The number of non-ortho nitro benzene ring substituents is 1. The van der Waals surface area contributed by atoms with Crippen LogP contribution < -0.4 is 16.0 Å². The van der Waals surface area contributed by atoms with E-state index in [2.05, 4.69) is 14.8 Å². The number of methoxy groups -OCH3 is 1. The summed E-state index contributed by atoms with van der Waals surface area (Å²) in [4.78, 5) is 49.4. The fraction of sp³-hybridized carbons (Fsp3) is 0.158. The second-order valence-corrected chi connectivity index (χ2v) is 6.10. The Kier molecular flexibility index (Phi) is 5.72. The van der Waals surface area contributed by atoms with Gasteiger partial charge in [0.05, 0.1) is 29.2 Å². The summed E-state index contributed by atoms with van der Waals surface area (Å²) < 4.78 is 10.7. The number of hydrogen-bond donors (Lipinski definition) is 1. The van der Waals surface area contributed by atoms with Crippen molar-refractivity contribution in [1.29, 1.82) is 0 Å². The molecule has 0 aliphatic carbocycles. The molecule has 11 heteroatoms. The van der Waals surface area contributed by atoms with Crippen LogP contribution in [-0.4, -0.2) is 40.0 Å². The molecule has 1 heterocycles. The molecule has 11 nitrogen and oxygen atoms in total. The van der Waals surface area contributed by atoms with E-state index in [1.807, 2.05) is 0 Å². The summed E-state index contributed by atoms with van der Waals surface area (Å²) in [6.07, 6.45) is 0.0629. The number of fused-ring (bicyclic) bond motifs is 1. The molecule has 0 fully saturated rings. The number of H-pyrrole nitrogens is 1. The first-order valence-electron chi connectivity index (χ1n) is 8.63. The van der Waals surface area contributed by atoms with Gasteiger partial charge in [0.1, 0.15) is 5.75 Å². The first-order chi connectivity index (χ1) is 14.3. The van der Waals surface area contributed by atoms with Crippen molar-refractivity contribution in [3.05, 3.63) is 79.0 Å². The summed E-state index contributed by atoms with van der Waals surface area (Å²) in [5.41, 5.74) is -1.29. The number of nitrogens with one attached hydrogen (secondary N) is 1. The Bertz CT molecular complexity index is 1280. The van der Waals surface area contributed by atoms with E-state index in [0.717, 1.165) is 12.3 Å². The second-order valence-electron chi connectivity index (χ2n) is 6.10. The third-order valence-corrected chi connectivity index (χ3v) is 4.14. The topological polar surface area (TPSA) is 146 Å². The third kappa shape index (κ3) is 4.09. The number of aromatic nitrogens is 2. The maximum absolute atomic E-state index is 12.6. The van der Waals surface area contributed by atoms with Crippen LogP contribution in [0.2, 0.25) is 0 Å². The second kappa shape index (κ2) is 8.39. The molecule has 0 unspecified atom stereocenters. The third-order valence-electron chi connectivity index (χ3n) is 4.14. The summed E-state index contributed by atoms with van der Waals surface area (Å²) in [7, 11) is 1.19. The number of rotatable bonds is 6. The quantitative estimate of drug-likeness (QED) is 0.279. The summed E-state index contributed by atoms with van der Waals surface area (Å²) in [5.74, 6) is -0.578. The minimum Gasteiger partial charge on any atom is -0.478 e. The van der Waals surface area contributed by atoms with Gasteiger partial charge >= 0.3 is 11.7 Å². The van der Waals surface area contributed by atoms with Gasteiger partial charge in [0.15, 0.2) is 6.10 Å². The Balaban J connectivity index is 2.07. The van der Waals surface area contributed by atoms with Crippen molar-refractivity contribution < 1.29 is 19.2 Å². The van der Waals surface area contributed by atoms with E-state index < -0.39 is 28.2 Å². The molecular weight excluding hydrogens is 396 g/mol. The lowest BCUT2D eigenvalue weighted by atomic mass is 10.2. The van der Waals surface area contributed by atoms with Crippen molar-refractivity contribution in [2.75, 3.05) is 7.11 Å². The Hall–Kier alpha value is -4.28. The highest BCUT2D eigenvalue weighted by Crippen LogP contribution is 2.24. The number of carbonyl (C=O) groups excluding carboxylic acids is 1. The van der Waals surface area contributed by atoms with Gasteiger partial charge in [-0.3, -0.25) is 14.9 Å². The molecule has 1 atom stereocenters. The summed E-state index contributed by atoms with van der Waals surface area (Å²) in [6.45, 7) is 1.44. The van der Waals surface area contributed by atoms with Gasteiger partial charge in [-0.05, 0) is 25.1 Å². The van der Waals surface area contributed by atoms with Crippen LogP contribution >= 0.6 is 0 Å². The molecule has 0 saturated carbocycles. The number of nitro groups is 1. The number of carbonyl (C=O) groups is 1. The molecule has 3 aromatic rings. The van der Waals surface area contributed by atoms with E-state index >= 15 is 0 Å². The molecule has 0 saturated heterocycles. The van der Waals surface area contributed by atoms with E-state index in [0.29, 0.717) is 10.2 Å². The lowest BCUT2D eigenvalue weighted by Gasteiger charge is -2.14. The molecule has 2 aromatic carbocycles. The average Bonchev–Trinajstić information content (AvgIpc) is 2.73. The van der Waals surface area contributed by atoms with Gasteiger partial charge in [-0.1, -0.05) is 12.1 Å². The maximum atomic E-state index is 12.6. The number of nitrogens with zero attached hydrogens (tertiary/aromatic N) is 3. The number of aromatic amines is 1. The molecule has 30 heavy (non-hydrogen) atoms. The molecule has 154 valence electrons. The van der Waals surface area contributed by atoms with Crippen LogP contribution in [-0.2, 0) is 9.53 Å². The van der Waals surface area contributed by atoms with Gasteiger partial charge in [0, 0.05) is 17.7 Å². The van der Waals surface area contributed by atoms with E-state index in [1.165, 1.54) is 32.2 Å². The van der Waals surface area contributed by atoms with Gasteiger partial charge in [0.25, 0.3) is 11.2 Å². The van der Waals surface area contributed by atoms with Gasteiger partial charge < -0.3 is 14.5 Å². The van der Waals surface area contributed by atoms with Crippen molar-refractivity contribution in [3.8, 4) is 5.75 Å². The fourth-order valence-electron chi connectivity index (χ4n) is 2.64. The SMILES string of the molecule is COC(=O)[C@H](C)Oc1ccc([N+](=O)[O-])cc1C=Nn1c(=O)[nH]c2ccccc2c1=O. The summed E-state index contributed by atoms with van der Waals surface area (Å²) in [6, 6.07) is 10.0. The predicted octanol–water partition coefficient (Wildman–Crippen LogP) is 1.42. The Morgan fingerprint density at radius 3 is 2.70 bits per heavy atom. The molecule has 1 aromatic heterocycles. The van der Waals surface area contributed by atoms with Crippen LogP contribution in [0.25, 0.3) is 10.9 Å². The maximum Gasteiger partial charge on any atom is 0.349 e. The fourth-order valence-corrected chi connectivity index (χ4v) is 2.64. The first kappa shape index (κ1) is 20.5. The zero-order chi connectivity index (χ0) is 21.8. The number of nitro benzene ring substituents is 1. The smallest absolute Gasteiger partial charge is 0.349 e. The van der Waals surface area contributed by atoms with E-state index in [4.69, 9.17) is 4.74 Å². The van der Waals surface area contributed by atoms with E-state index in [-0.39, 0.29) is 22.4 Å². The first-order valence-corrected chi connectivity index (χ1v) is 8.63. The molecule has 1 N–H and O–H groups in total. The molecule has 0 aliphatic rings. The number of benzene rings is 2. The number of ether oxygens (including phenoxy) is 2. The Morgan fingerprint density at radius 1 is 1.27 bits per heavy atom. The van der Waals surface area contributed by atoms with E-state index in [9.17, 15) is 24.5 Å². The van der Waals surface area contributed by atoms with Crippen molar-refractivity contribution in [2.45, 2.75) is 13.0 Å². The van der Waals surface area contributed by atoms with Gasteiger partial charge in [0.2, 0.25) is 0 Å². The van der Waals surface area contributed by atoms with Gasteiger partial charge in [-0.2, -0.15) is 5.10 Å². The lowest BCUT2D eigenvalue weighted by molar-refractivity contribution is -0.384. The lowest BCUT2D eigenvalue weighted by Crippen LogP contribution is -2.32. The monoisotopic (exact) mass is 412 g/mol. The van der Waals surface area contributed by atoms with Crippen LogP contribution in [0.3, 0.4) is 0 Å². The normalized spacial score (nSPS) is 12.1. The van der Waals surface area contributed by atoms with Crippen molar-refractivity contribution in [2.24, 2.45) is 5.10 Å². The van der Waals surface area contributed by atoms with Gasteiger partial charge in [-0.25, -0.2) is 9.59 Å². The molecule has 3 rings (SSSR count). The highest BCUT2D eigenvalue weighted by atomic mass is 16.6.